The number of hydrogen-bond acceptors (Lipinski definition) is 5. The Bertz CT molecular complexity index is 1080. The molecular formula is C18H19N5O3S. The molecule has 0 spiro atoms. The second-order valence-corrected chi connectivity index (χ2v) is 8.45. The van der Waals surface area contributed by atoms with Gasteiger partial charge in [0.15, 0.2) is 5.65 Å². The highest BCUT2D eigenvalue weighted by molar-refractivity contribution is 7.89. The van der Waals surface area contributed by atoms with Gasteiger partial charge in [0.2, 0.25) is 10.0 Å². The van der Waals surface area contributed by atoms with Gasteiger partial charge < -0.3 is 4.90 Å². The second-order valence-electron chi connectivity index (χ2n) is 6.61. The molecule has 1 amide bonds. The monoisotopic (exact) mass is 385 g/mol. The Morgan fingerprint density at radius 1 is 1.11 bits per heavy atom. The molecule has 1 saturated heterocycles. The van der Waals surface area contributed by atoms with E-state index in [-0.39, 0.29) is 5.91 Å². The number of carbonyl (C=O) groups excluding carboxylic acids is 1. The fourth-order valence-electron chi connectivity index (χ4n) is 3.41. The summed E-state index contributed by atoms with van der Waals surface area (Å²) in [6, 6.07) is 7.33. The van der Waals surface area contributed by atoms with E-state index < -0.39 is 15.3 Å². The number of rotatable bonds is 3. The summed E-state index contributed by atoms with van der Waals surface area (Å²) in [5, 5.41) is 4.64. The van der Waals surface area contributed by atoms with Crippen LogP contribution in [0.4, 0.5) is 0 Å². The number of sulfonamides is 1. The number of fused-ring (bicyclic) bond motifs is 1. The van der Waals surface area contributed by atoms with Gasteiger partial charge >= 0.3 is 0 Å². The largest absolute Gasteiger partial charge is 0.339 e. The molecule has 8 nitrogen and oxygen atoms in total. The molecule has 2 aromatic heterocycles. The van der Waals surface area contributed by atoms with Crippen LogP contribution in [0.15, 0.2) is 49.1 Å². The Morgan fingerprint density at radius 2 is 1.81 bits per heavy atom. The van der Waals surface area contributed by atoms with E-state index in [0.717, 1.165) is 16.9 Å². The molecule has 27 heavy (non-hydrogen) atoms. The first-order chi connectivity index (χ1) is 12.9. The first-order valence-electron chi connectivity index (χ1n) is 8.62. The van der Waals surface area contributed by atoms with E-state index in [1.165, 1.54) is 0 Å². The highest BCUT2D eigenvalue weighted by atomic mass is 32.2. The van der Waals surface area contributed by atoms with Gasteiger partial charge in [0.05, 0.1) is 23.3 Å². The van der Waals surface area contributed by atoms with E-state index in [4.69, 9.17) is 5.14 Å². The number of piperidine rings is 1. The molecule has 0 bridgehead atoms. The summed E-state index contributed by atoms with van der Waals surface area (Å²) in [6.07, 6.45) is 7.74. The minimum atomic E-state index is -3.54. The van der Waals surface area contributed by atoms with Crippen LogP contribution in [0.1, 0.15) is 23.2 Å². The Labute approximate surface area is 156 Å². The zero-order valence-electron chi connectivity index (χ0n) is 14.5. The predicted molar refractivity (Wildman–Crippen MR) is 100 cm³/mol. The molecule has 0 radical (unpaired) electrons. The SMILES string of the molecule is NS(=O)(=O)C1CCN(C(=O)c2ccc(-c3cnc4cnccn34)cc2)CC1. The van der Waals surface area contributed by atoms with Crippen LogP contribution in [0.2, 0.25) is 0 Å². The maximum absolute atomic E-state index is 12.7. The zero-order valence-corrected chi connectivity index (χ0v) is 15.3. The molecule has 0 saturated carbocycles. The number of primary sulfonamides is 1. The number of aromatic nitrogens is 3. The van der Waals surface area contributed by atoms with Crippen molar-refractivity contribution in [3.63, 3.8) is 0 Å². The van der Waals surface area contributed by atoms with E-state index in [9.17, 15) is 13.2 Å². The van der Waals surface area contributed by atoms with Crippen molar-refractivity contribution < 1.29 is 13.2 Å². The average Bonchev–Trinajstić information content (AvgIpc) is 3.11. The van der Waals surface area contributed by atoms with Crippen LogP contribution in [0.3, 0.4) is 0 Å². The van der Waals surface area contributed by atoms with Crippen molar-refractivity contribution in [3.8, 4) is 11.3 Å². The molecule has 2 N–H and O–H groups in total. The van der Waals surface area contributed by atoms with Crippen molar-refractivity contribution in [2.24, 2.45) is 5.14 Å². The van der Waals surface area contributed by atoms with Gasteiger partial charge in [-0.2, -0.15) is 0 Å². The lowest BCUT2D eigenvalue weighted by molar-refractivity contribution is 0.0725. The number of nitrogens with zero attached hydrogens (tertiary/aromatic N) is 4. The Kier molecular flexibility index (Phi) is 4.40. The summed E-state index contributed by atoms with van der Waals surface area (Å²) in [5.74, 6) is -0.100. The van der Waals surface area contributed by atoms with Gasteiger partial charge in [0.25, 0.3) is 5.91 Å². The predicted octanol–water partition coefficient (Wildman–Crippen LogP) is 1.29. The molecule has 4 rings (SSSR count). The fourth-order valence-corrected chi connectivity index (χ4v) is 4.28. The third-order valence-corrected chi connectivity index (χ3v) is 6.34. The number of amides is 1. The lowest BCUT2D eigenvalue weighted by atomic mass is 10.1. The number of nitrogens with two attached hydrogens (primary N) is 1. The summed E-state index contributed by atoms with van der Waals surface area (Å²) in [4.78, 5) is 22.7. The number of carbonyl (C=O) groups is 1. The summed E-state index contributed by atoms with van der Waals surface area (Å²) >= 11 is 0. The first-order valence-corrected chi connectivity index (χ1v) is 10.2. The van der Waals surface area contributed by atoms with E-state index in [1.54, 1.807) is 35.6 Å². The fraction of sp³-hybridized carbons (Fsp3) is 0.278. The maximum atomic E-state index is 12.7. The highest BCUT2D eigenvalue weighted by Crippen LogP contribution is 2.22. The summed E-state index contributed by atoms with van der Waals surface area (Å²) in [6.45, 7) is 0.782. The Balaban J connectivity index is 1.50. The number of hydrogen-bond donors (Lipinski definition) is 1. The van der Waals surface area contributed by atoms with Gasteiger partial charge in [0.1, 0.15) is 0 Å². The normalized spacial score (nSPS) is 16.0. The van der Waals surface area contributed by atoms with Crippen molar-refractivity contribution in [1.29, 1.82) is 0 Å². The van der Waals surface area contributed by atoms with Gasteiger partial charge in [-0.05, 0) is 25.0 Å². The van der Waals surface area contributed by atoms with Gasteiger partial charge in [-0.25, -0.2) is 18.5 Å². The van der Waals surface area contributed by atoms with Crippen LogP contribution in [0, 0.1) is 0 Å². The van der Waals surface area contributed by atoms with Crippen LogP contribution in [-0.4, -0.2) is 51.9 Å². The average molecular weight is 385 g/mol. The van der Waals surface area contributed by atoms with Crippen LogP contribution in [-0.2, 0) is 10.0 Å². The maximum Gasteiger partial charge on any atom is 0.253 e. The summed E-state index contributed by atoms with van der Waals surface area (Å²) in [7, 11) is -3.54. The number of likely N-dealkylation sites (tertiary alicyclic amines) is 1. The van der Waals surface area contributed by atoms with Crippen molar-refractivity contribution in [2.45, 2.75) is 18.1 Å². The van der Waals surface area contributed by atoms with E-state index >= 15 is 0 Å². The lowest BCUT2D eigenvalue weighted by Gasteiger charge is -2.31. The van der Waals surface area contributed by atoms with Crippen molar-refractivity contribution in [3.05, 3.63) is 54.6 Å². The van der Waals surface area contributed by atoms with Gasteiger partial charge in [-0.15, -0.1) is 0 Å². The van der Waals surface area contributed by atoms with Gasteiger partial charge in [-0.1, -0.05) is 12.1 Å². The van der Waals surface area contributed by atoms with E-state index in [2.05, 4.69) is 9.97 Å². The molecule has 1 aliphatic heterocycles. The minimum Gasteiger partial charge on any atom is -0.339 e. The highest BCUT2D eigenvalue weighted by Gasteiger charge is 2.29. The summed E-state index contributed by atoms with van der Waals surface area (Å²) in [5.41, 5.74) is 3.19. The third kappa shape index (κ3) is 3.43. The molecule has 0 aliphatic carbocycles. The molecule has 3 aromatic rings. The molecule has 1 aliphatic rings. The van der Waals surface area contributed by atoms with E-state index in [1.807, 2.05) is 22.7 Å². The van der Waals surface area contributed by atoms with Crippen LogP contribution < -0.4 is 5.14 Å². The quantitative estimate of drug-likeness (QED) is 0.730. The van der Waals surface area contributed by atoms with Crippen molar-refractivity contribution in [1.82, 2.24) is 19.3 Å². The number of imidazole rings is 1. The molecular weight excluding hydrogens is 366 g/mol. The van der Waals surface area contributed by atoms with Gasteiger partial charge in [-0.3, -0.25) is 14.2 Å². The minimum absolute atomic E-state index is 0.100. The molecule has 3 heterocycles. The standard InChI is InChI=1S/C18H19N5O3S/c19-27(25,26)15-5-8-22(9-6-15)18(24)14-3-1-13(2-4-14)16-11-21-17-12-20-7-10-23(16)17/h1-4,7,10-12,15H,5-6,8-9H2,(H2,19,25,26). The van der Waals surface area contributed by atoms with Crippen LogP contribution in [0.25, 0.3) is 16.9 Å². The van der Waals surface area contributed by atoms with Crippen molar-refractivity contribution in [2.75, 3.05) is 13.1 Å². The molecule has 0 atom stereocenters. The zero-order chi connectivity index (χ0) is 19.0. The Morgan fingerprint density at radius 3 is 2.48 bits per heavy atom. The van der Waals surface area contributed by atoms with Crippen LogP contribution >= 0.6 is 0 Å². The van der Waals surface area contributed by atoms with E-state index in [0.29, 0.717) is 31.5 Å². The molecule has 1 fully saturated rings. The third-order valence-electron chi connectivity index (χ3n) is 4.94. The molecule has 9 heteroatoms. The number of benzene rings is 1. The van der Waals surface area contributed by atoms with Crippen LogP contribution in [0.5, 0.6) is 0 Å². The van der Waals surface area contributed by atoms with Crippen molar-refractivity contribution >= 4 is 21.6 Å². The molecule has 0 unspecified atom stereocenters. The van der Waals surface area contributed by atoms with Gasteiger partial charge in [0, 0.05) is 36.6 Å². The second kappa shape index (κ2) is 6.75. The lowest BCUT2D eigenvalue weighted by Crippen LogP contribution is -2.44. The molecule has 140 valence electrons. The first kappa shape index (κ1) is 17.6. The molecule has 1 aromatic carbocycles. The summed E-state index contributed by atoms with van der Waals surface area (Å²) < 4.78 is 24.8. The Hall–Kier alpha value is -2.78. The topological polar surface area (TPSA) is 111 Å². The smallest absolute Gasteiger partial charge is 0.253 e.